The first-order chi connectivity index (χ1) is 14.0. The predicted molar refractivity (Wildman–Crippen MR) is 115 cm³/mol. The topological polar surface area (TPSA) is 85.2 Å². The lowest BCUT2D eigenvalue weighted by Crippen LogP contribution is -2.33. The van der Waals surface area contributed by atoms with Crippen LogP contribution in [-0.4, -0.2) is 27.5 Å². The number of amides is 1. The van der Waals surface area contributed by atoms with Crippen molar-refractivity contribution >= 4 is 5.91 Å². The van der Waals surface area contributed by atoms with Gasteiger partial charge in [0.1, 0.15) is 0 Å². The van der Waals surface area contributed by atoms with Crippen molar-refractivity contribution in [1.82, 2.24) is 15.1 Å². The van der Waals surface area contributed by atoms with Crippen LogP contribution >= 0.6 is 0 Å². The largest absolute Gasteiger partial charge is 0.421 e. The standard InChI is InChI=1S/C23H32N4O2/c1-4-6-7-8-12-17-23(3,24)22-26-25-20(29-22)18-27(5-2)21(28)16-15-19-13-10-9-11-14-19/h4,8-14H,1,5-7,15-18,24H2,2-3H3/b12-8+/t23-/m1/s1. The van der Waals surface area contributed by atoms with E-state index in [1.165, 1.54) is 0 Å². The van der Waals surface area contributed by atoms with Gasteiger partial charge in [0, 0.05) is 13.0 Å². The second kappa shape index (κ2) is 11.3. The van der Waals surface area contributed by atoms with Gasteiger partial charge in [0.2, 0.25) is 17.7 Å². The van der Waals surface area contributed by atoms with Crippen LogP contribution in [0.5, 0.6) is 0 Å². The number of benzene rings is 1. The fraction of sp³-hybridized carbons (Fsp3) is 0.435. The molecule has 1 aromatic heterocycles. The lowest BCUT2D eigenvalue weighted by Gasteiger charge is -2.19. The first kappa shape index (κ1) is 22.6. The van der Waals surface area contributed by atoms with E-state index in [0.717, 1.165) is 18.4 Å². The maximum Gasteiger partial charge on any atom is 0.236 e. The summed E-state index contributed by atoms with van der Waals surface area (Å²) in [6.07, 6.45) is 9.62. The molecule has 0 aliphatic heterocycles. The first-order valence-electron chi connectivity index (χ1n) is 10.2. The van der Waals surface area contributed by atoms with Gasteiger partial charge in [-0.1, -0.05) is 48.6 Å². The Balaban J connectivity index is 1.91. The van der Waals surface area contributed by atoms with E-state index >= 15 is 0 Å². The summed E-state index contributed by atoms with van der Waals surface area (Å²) >= 11 is 0. The molecule has 156 valence electrons. The predicted octanol–water partition coefficient (Wildman–Crippen LogP) is 4.14. The van der Waals surface area contributed by atoms with Crippen LogP contribution in [0.3, 0.4) is 0 Å². The van der Waals surface area contributed by atoms with Gasteiger partial charge in [0.05, 0.1) is 12.1 Å². The van der Waals surface area contributed by atoms with Crippen LogP contribution in [0.2, 0.25) is 0 Å². The van der Waals surface area contributed by atoms with Crippen molar-refractivity contribution in [3.63, 3.8) is 0 Å². The Morgan fingerprint density at radius 3 is 2.69 bits per heavy atom. The zero-order valence-corrected chi connectivity index (χ0v) is 17.5. The fourth-order valence-corrected chi connectivity index (χ4v) is 2.89. The number of allylic oxidation sites excluding steroid dienone is 2. The Hall–Kier alpha value is -2.73. The number of aromatic nitrogens is 2. The van der Waals surface area contributed by atoms with Crippen LogP contribution in [0.25, 0.3) is 0 Å². The summed E-state index contributed by atoms with van der Waals surface area (Å²) in [6, 6.07) is 9.99. The third-order valence-corrected chi connectivity index (χ3v) is 4.73. The monoisotopic (exact) mass is 396 g/mol. The van der Waals surface area contributed by atoms with E-state index in [-0.39, 0.29) is 5.91 Å². The highest BCUT2D eigenvalue weighted by molar-refractivity contribution is 5.76. The molecule has 0 saturated heterocycles. The zero-order chi connectivity index (χ0) is 21.1. The highest BCUT2D eigenvalue weighted by Crippen LogP contribution is 2.21. The maximum absolute atomic E-state index is 12.6. The van der Waals surface area contributed by atoms with Gasteiger partial charge >= 0.3 is 0 Å². The Labute approximate surface area is 173 Å². The molecule has 0 radical (unpaired) electrons. The average Bonchev–Trinajstić information content (AvgIpc) is 3.20. The van der Waals surface area contributed by atoms with E-state index in [2.05, 4.69) is 22.9 Å². The molecule has 0 spiro atoms. The Bertz CT molecular complexity index is 796. The van der Waals surface area contributed by atoms with E-state index in [1.807, 2.05) is 56.3 Å². The van der Waals surface area contributed by atoms with Crippen LogP contribution < -0.4 is 5.73 Å². The van der Waals surface area contributed by atoms with E-state index in [9.17, 15) is 4.79 Å². The number of carbonyl (C=O) groups excluding carboxylic acids is 1. The highest BCUT2D eigenvalue weighted by Gasteiger charge is 2.27. The van der Waals surface area contributed by atoms with Crippen molar-refractivity contribution in [3.8, 4) is 0 Å². The number of carbonyl (C=O) groups is 1. The molecule has 0 unspecified atom stereocenters. The Morgan fingerprint density at radius 1 is 1.24 bits per heavy atom. The molecule has 1 aromatic carbocycles. The van der Waals surface area contributed by atoms with Gasteiger partial charge in [0.25, 0.3) is 0 Å². The van der Waals surface area contributed by atoms with Crippen molar-refractivity contribution in [2.24, 2.45) is 5.73 Å². The molecule has 2 N–H and O–H groups in total. The lowest BCUT2D eigenvalue weighted by molar-refractivity contribution is -0.131. The van der Waals surface area contributed by atoms with Crippen LogP contribution in [0.4, 0.5) is 0 Å². The van der Waals surface area contributed by atoms with Crippen LogP contribution in [-0.2, 0) is 23.3 Å². The minimum Gasteiger partial charge on any atom is -0.421 e. The highest BCUT2D eigenvalue weighted by atomic mass is 16.4. The molecule has 29 heavy (non-hydrogen) atoms. The third-order valence-electron chi connectivity index (χ3n) is 4.73. The second-order valence-electron chi connectivity index (χ2n) is 7.35. The van der Waals surface area contributed by atoms with Crippen molar-refractivity contribution in [2.75, 3.05) is 6.54 Å². The van der Waals surface area contributed by atoms with Crippen LogP contribution in [0, 0.1) is 0 Å². The molecular weight excluding hydrogens is 364 g/mol. The molecule has 0 aliphatic rings. The molecule has 6 nitrogen and oxygen atoms in total. The molecule has 1 amide bonds. The molecule has 0 saturated carbocycles. The second-order valence-corrected chi connectivity index (χ2v) is 7.35. The van der Waals surface area contributed by atoms with Gasteiger partial charge in [-0.25, -0.2) is 0 Å². The summed E-state index contributed by atoms with van der Waals surface area (Å²) in [5.41, 5.74) is 6.76. The van der Waals surface area contributed by atoms with Crippen molar-refractivity contribution in [1.29, 1.82) is 0 Å². The smallest absolute Gasteiger partial charge is 0.236 e. The fourth-order valence-electron chi connectivity index (χ4n) is 2.89. The van der Waals surface area contributed by atoms with E-state index < -0.39 is 5.54 Å². The number of aryl methyl sites for hydroxylation is 1. The van der Waals surface area contributed by atoms with Crippen molar-refractivity contribution < 1.29 is 9.21 Å². The maximum atomic E-state index is 12.6. The summed E-state index contributed by atoms with van der Waals surface area (Å²) < 4.78 is 5.78. The molecule has 6 heteroatoms. The molecule has 1 atom stereocenters. The minimum atomic E-state index is -0.746. The van der Waals surface area contributed by atoms with Gasteiger partial charge < -0.3 is 15.1 Å². The quantitative estimate of drug-likeness (QED) is 0.430. The number of hydrogen-bond donors (Lipinski definition) is 1. The van der Waals surface area contributed by atoms with Crippen LogP contribution in [0.1, 0.15) is 56.9 Å². The van der Waals surface area contributed by atoms with Gasteiger partial charge in [-0.05, 0) is 45.1 Å². The molecule has 0 fully saturated rings. The van der Waals surface area contributed by atoms with Gasteiger partial charge in [0.15, 0.2) is 0 Å². The summed E-state index contributed by atoms with van der Waals surface area (Å²) in [7, 11) is 0. The summed E-state index contributed by atoms with van der Waals surface area (Å²) in [4.78, 5) is 14.3. The number of nitrogens with two attached hydrogens (primary N) is 1. The molecular formula is C23H32N4O2. The minimum absolute atomic E-state index is 0.0664. The SMILES string of the molecule is C=CCC/C=C/C[C@@](C)(N)c1nnc(CN(CC)C(=O)CCc2ccccc2)o1. The van der Waals surface area contributed by atoms with Gasteiger partial charge in [-0.3, -0.25) is 4.79 Å². The molecule has 2 aromatic rings. The average molecular weight is 397 g/mol. The third kappa shape index (κ3) is 7.31. The zero-order valence-electron chi connectivity index (χ0n) is 17.5. The molecule has 0 aliphatic carbocycles. The number of unbranched alkanes of at least 4 members (excludes halogenated alkanes) is 1. The van der Waals surface area contributed by atoms with Crippen molar-refractivity contribution in [3.05, 3.63) is 72.5 Å². The van der Waals surface area contributed by atoms with Gasteiger partial charge in [-0.15, -0.1) is 16.8 Å². The number of rotatable bonds is 12. The van der Waals surface area contributed by atoms with Crippen LogP contribution in [0.15, 0.2) is 59.6 Å². The number of hydrogen-bond acceptors (Lipinski definition) is 5. The molecule has 1 heterocycles. The molecule has 0 bridgehead atoms. The van der Waals surface area contributed by atoms with E-state index in [4.69, 9.17) is 10.2 Å². The Kier molecular flexibility index (Phi) is 8.80. The summed E-state index contributed by atoms with van der Waals surface area (Å²) in [6.45, 7) is 8.39. The summed E-state index contributed by atoms with van der Waals surface area (Å²) in [5.74, 6) is 0.854. The van der Waals surface area contributed by atoms with E-state index in [1.54, 1.807) is 4.90 Å². The first-order valence-corrected chi connectivity index (χ1v) is 10.2. The summed E-state index contributed by atoms with van der Waals surface area (Å²) in [5, 5.41) is 8.21. The molecule has 2 rings (SSSR count). The lowest BCUT2D eigenvalue weighted by atomic mass is 9.99. The number of nitrogens with zero attached hydrogens (tertiary/aromatic N) is 3. The van der Waals surface area contributed by atoms with Gasteiger partial charge in [-0.2, -0.15) is 0 Å². The van der Waals surface area contributed by atoms with E-state index in [0.29, 0.717) is 44.1 Å². The normalized spacial score (nSPS) is 13.3. The van der Waals surface area contributed by atoms with Crippen molar-refractivity contribution in [2.45, 2.75) is 58.0 Å². The Morgan fingerprint density at radius 2 is 2.00 bits per heavy atom.